The van der Waals surface area contributed by atoms with Crippen molar-refractivity contribution in [3.05, 3.63) is 77.9 Å². The summed E-state index contributed by atoms with van der Waals surface area (Å²) in [5.41, 5.74) is 0.971. The maximum atomic E-state index is 13.1. The Labute approximate surface area is 169 Å². The van der Waals surface area contributed by atoms with Crippen LogP contribution in [0.4, 0.5) is 0 Å². The van der Waals surface area contributed by atoms with Crippen molar-refractivity contribution >= 4 is 22.6 Å². The number of carbonyl (C=O) groups excluding carboxylic acids is 2. The fourth-order valence-corrected chi connectivity index (χ4v) is 3.71. The number of ether oxygens (including phenoxy) is 2. The highest BCUT2D eigenvalue weighted by Crippen LogP contribution is 2.30. The van der Waals surface area contributed by atoms with Gasteiger partial charge in [0.25, 0.3) is 5.91 Å². The largest absolute Gasteiger partial charge is 0.496 e. The van der Waals surface area contributed by atoms with Crippen LogP contribution in [-0.2, 0) is 9.53 Å². The van der Waals surface area contributed by atoms with Gasteiger partial charge in [-0.25, -0.2) is 4.79 Å². The van der Waals surface area contributed by atoms with Crippen molar-refractivity contribution in [3.63, 3.8) is 0 Å². The molecule has 1 atom stereocenters. The molecule has 0 unspecified atom stereocenters. The van der Waals surface area contributed by atoms with Crippen LogP contribution in [0.3, 0.4) is 0 Å². The summed E-state index contributed by atoms with van der Waals surface area (Å²) in [7, 11) is 1.52. The molecule has 0 saturated carbocycles. The minimum absolute atomic E-state index is 0.179. The van der Waals surface area contributed by atoms with E-state index in [9.17, 15) is 9.59 Å². The Morgan fingerprint density at radius 1 is 0.897 bits per heavy atom. The van der Waals surface area contributed by atoms with E-state index in [4.69, 9.17) is 9.47 Å². The number of benzene rings is 3. The summed E-state index contributed by atoms with van der Waals surface area (Å²) in [6.45, 7) is 1.39. The molecule has 0 aromatic heterocycles. The number of esters is 1. The van der Waals surface area contributed by atoms with E-state index in [1.54, 1.807) is 11.0 Å². The number of amides is 1. The van der Waals surface area contributed by atoms with Crippen molar-refractivity contribution < 1.29 is 19.1 Å². The standard InChI is InChI=1S/C24H23NO4/c1-28-21-16-19-12-6-5-11-18(19)15-20(21)24(27)29-22(17-9-3-2-4-10-17)23(26)25-13-7-8-14-25/h2-6,9-12,15-16,22H,7-8,13-14H2,1H3/t22-/m1/s1. The third kappa shape index (κ3) is 3.94. The van der Waals surface area contributed by atoms with Gasteiger partial charge in [-0.15, -0.1) is 0 Å². The molecule has 148 valence electrons. The van der Waals surface area contributed by atoms with Crippen molar-refractivity contribution in [2.75, 3.05) is 20.2 Å². The molecule has 0 bridgehead atoms. The number of hydrogen-bond donors (Lipinski definition) is 0. The van der Waals surface area contributed by atoms with Crippen LogP contribution in [0.1, 0.15) is 34.9 Å². The average molecular weight is 389 g/mol. The molecule has 0 N–H and O–H groups in total. The molecule has 1 fully saturated rings. The fourth-order valence-electron chi connectivity index (χ4n) is 3.71. The predicted molar refractivity (Wildman–Crippen MR) is 111 cm³/mol. The molecule has 3 aromatic carbocycles. The van der Waals surface area contributed by atoms with Gasteiger partial charge in [-0.1, -0.05) is 54.6 Å². The molecule has 5 heteroatoms. The second-order valence-electron chi connectivity index (χ2n) is 7.13. The van der Waals surface area contributed by atoms with Crippen molar-refractivity contribution in [2.24, 2.45) is 0 Å². The van der Waals surface area contributed by atoms with Crippen LogP contribution in [0.5, 0.6) is 5.75 Å². The van der Waals surface area contributed by atoms with E-state index in [1.807, 2.05) is 60.7 Å². The highest BCUT2D eigenvalue weighted by Gasteiger charge is 2.32. The first-order valence-electron chi connectivity index (χ1n) is 9.79. The zero-order valence-corrected chi connectivity index (χ0v) is 16.3. The number of nitrogens with zero attached hydrogens (tertiary/aromatic N) is 1. The van der Waals surface area contributed by atoms with Crippen molar-refractivity contribution in [1.82, 2.24) is 4.90 Å². The molecule has 1 amide bonds. The molecule has 0 radical (unpaired) electrons. The van der Waals surface area contributed by atoms with Crippen LogP contribution < -0.4 is 4.74 Å². The van der Waals surface area contributed by atoms with Gasteiger partial charge in [-0.3, -0.25) is 4.79 Å². The summed E-state index contributed by atoms with van der Waals surface area (Å²) in [5, 5.41) is 1.87. The summed E-state index contributed by atoms with van der Waals surface area (Å²) >= 11 is 0. The Bertz CT molecular complexity index is 1030. The van der Waals surface area contributed by atoms with E-state index in [-0.39, 0.29) is 5.91 Å². The van der Waals surface area contributed by atoms with E-state index in [0.29, 0.717) is 30.0 Å². The first-order valence-corrected chi connectivity index (χ1v) is 9.79. The zero-order valence-electron chi connectivity index (χ0n) is 16.3. The minimum Gasteiger partial charge on any atom is -0.496 e. The second-order valence-corrected chi connectivity index (χ2v) is 7.13. The molecule has 0 aliphatic carbocycles. The Hall–Kier alpha value is -3.34. The van der Waals surface area contributed by atoms with Crippen LogP contribution in [-0.4, -0.2) is 37.0 Å². The zero-order chi connectivity index (χ0) is 20.2. The van der Waals surface area contributed by atoms with Crippen LogP contribution in [0.2, 0.25) is 0 Å². The van der Waals surface area contributed by atoms with Crippen molar-refractivity contribution in [3.8, 4) is 5.75 Å². The number of hydrogen-bond acceptors (Lipinski definition) is 4. The fraction of sp³-hybridized carbons (Fsp3) is 0.250. The van der Waals surface area contributed by atoms with Gasteiger partial charge < -0.3 is 14.4 Å². The number of rotatable bonds is 5. The topological polar surface area (TPSA) is 55.8 Å². The van der Waals surface area contributed by atoms with Crippen LogP contribution in [0.15, 0.2) is 66.7 Å². The smallest absolute Gasteiger partial charge is 0.343 e. The lowest BCUT2D eigenvalue weighted by Gasteiger charge is -2.24. The Balaban J connectivity index is 1.67. The molecular weight excluding hydrogens is 366 g/mol. The van der Waals surface area contributed by atoms with Crippen LogP contribution in [0, 0.1) is 0 Å². The molecule has 29 heavy (non-hydrogen) atoms. The summed E-state index contributed by atoms with van der Waals surface area (Å²) in [4.78, 5) is 28.0. The molecule has 0 spiro atoms. The van der Waals surface area contributed by atoms with Gasteiger partial charge in [0, 0.05) is 18.7 Å². The molecule has 3 aromatic rings. The van der Waals surface area contributed by atoms with Gasteiger partial charge in [0.05, 0.1) is 7.11 Å². The number of methoxy groups -OCH3 is 1. The van der Waals surface area contributed by atoms with Crippen LogP contribution >= 0.6 is 0 Å². The van der Waals surface area contributed by atoms with E-state index >= 15 is 0 Å². The molecule has 4 rings (SSSR count). The molecular formula is C24H23NO4. The summed E-state index contributed by atoms with van der Waals surface area (Å²) < 4.78 is 11.2. The number of carbonyl (C=O) groups is 2. The second kappa shape index (κ2) is 8.35. The lowest BCUT2D eigenvalue weighted by molar-refractivity contribution is -0.140. The van der Waals surface area contributed by atoms with E-state index in [0.717, 1.165) is 23.6 Å². The maximum absolute atomic E-state index is 13.1. The lowest BCUT2D eigenvalue weighted by Crippen LogP contribution is -2.34. The summed E-state index contributed by atoms with van der Waals surface area (Å²) in [6, 6.07) is 20.4. The van der Waals surface area contributed by atoms with Crippen molar-refractivity contribution in [1.29, 1.82) is 0 Å². The number of likely N-dealkylation sites (tertiary alicyclic amines) is 1. The minimum atomic E-state index is -0.974. The van der Waals surface area contributed by atoms with Gasteiger partial charge in [0.1, 0.15) is 11.3 Å². The maximum Gasteiger partial charge on any atom is 0.343 e. The Kier molecular flexibility index (Phi) is 5.47. The van der Waals surface area contributed by atoms with Crippen LogP contribution in [0.25, 0.3) is 10.8 Å². The van der Waals surface area contributed by atoms with E-state index in [1.165, 1.54) is 7.11 Å². The predicted octanol–water partition coefficient (Wildman–Crippen LogP) is 4.37. The monoisotopic (exact) mass is 389 g/mol. The first-order chi connectivity index (χ1) is 14.2. The molecule has 1 aliphatic heterocycles. The van der Waals surface area contributed by atoms with Crippen molar-refractivity contribution in [2.45, 2.75) is 18.9 Å². The van der Waals surface area contributed by atoms with E-state index < -0.39 is 12.1 Å². The Morgan fingerprint density at radius 3 is 2.17 bits per heavy atom. The molecule has 5 nitrogen and oxygen atoms in total. The molecule has 1 heterocycles. The lowest BCUT2D eigenvalue weighted by atomic mass is 10.1. The average Bonchev–Trinajstić information content (AvgIpc) is 3.31. The van der Waals surface area contributed by atoms with E-state index in [2.05, 4.69) is 0 Å². The summed E-state index contributed by atoms with van der Waals surface area (Å²) in [6.07, 6.45) is 0.970. The third-order valence-corrected chi connectivity index (χ3v) is 5.26. The third-order valence-electron chi connectivity index (χ3n) is 5.26. The van der Waals surface area contributed by atoms with Gasteiger partial charge in [0.15, 0.2) is 0 Å². The highest BCUT2D eigenvalue weighted by molar-refractivity contribution is 6.00. The quantitative estimate of drug-likeness (QED) is 0.608. The number of fused-ring (bicyclic) bond motifs is 1. The van der Waals surface area contributed by atoms with Gasteiger partial charge in [-0.05, 0) is 35.7 Å². The highest BCUT2D eigenvalue weighted by atomic mass is 16.6. The first kappa shape index (κ1) is 19.0. The Morgan fingerprint density at radius 2 is 1.52 bits per heavy atom. The normalized spacial score (nSPS) is 14.6. The summed E-state index contributed by atoms with van der Waals surface area (Å²) in [5.74, 6) is -0.329. The van der Waals surface area contributed by atoms with Gasteiger partial charge in [-0.2, -0.15) is 0 Å². The molecule has 1 saturated heterocycles. The van der Waals surface area contributed by atoms with Gasteiger partial charge in [0.2, 0.25) is 6.10 Å². The van der Waals surface area contributed by atoms with Gasteiger partial charge >= 0.3 is 5.97 Å². The SMILES string of the molecule is COc1cc2ccccc2cc1C(=O)O[C@@H](C(=O)N1CCCC1)c1ccccc1. The molecule has 1 aliphatic rings.